The summed E-state index contributed by atoms with van der Waals surface area (Å²) in [6.45, 7) is 2.78. The Morgan fingerprint density at radius 1 is 1.30 bits per heavy atom. The van der Waals surface area contributed by atoms with Gasteiger partial charge in [0.25, 0.3) is 5.69 Å². The minimum absolute atomic E-state index is 0.135. The third kappa shape index (κ3) is 4.23. The van der Waals surface area contributed by atoms with E-state index in [4.69, 9.17) is 0 Å². The lowest BCUT2D eigenvalue weighted by atomic mass is 10.0. The van der Waals surface area contributed by atoms with Crippen LogP contribution in [0.2, 0.25) is 0 Å². The first-order valence-corrected chi connectivity index (χ1v) is 7.69. The van der Waals surface area contributed by atoms with Gasteiger partial charge >= 0.3 is 0 Å². The van der Waals surface area contributed by atoms with Gasteiger partial charge in [0.2, 0.25) is 0 Å². The van der Waals surface area contributed by atoms with Gasteiger partial charge in [0.15, 0.2) is 0 Å². The van der Waals surface area contributed by atoms with Crippen LogP contribution in [-0.4, -0.2) is 38.9 Å². The SMILES string of the molecule is O=[N+]([O-])c1ccc(CN2CCCC(Nc3ccncn3)C2)cc1. The van der Waals surface area contributed by atoms with E-state index in [1.165, 1.54) is 0 Å². The molecule has 0 spiro atoms. The van der Waals surface area contributed by atoms with Crippen LogP contribution in [0.5, 0.6) is 0 Å². The van der Waals surface area contributed by atoms with Gasteiger partial charge in [-0.05, 0) is 31.0 Å². The zero-order chi connectivity index (χ0) is 16.1. The lowest BCUT2D eigenvalue weighted by molar-refractivity contribution is -0.384. The first kappa shape index (κ1) is 15.4. The van der Waals surface area contributed by atoms with Gasteiger partial charge in [-0.2, -0.15) is 0 Å². The molecule has 120 valence electrons. The smallest absolute Gasteiger partial charge is 0.269 e. The van der Waals surface area contributed by atoms with Crippen molar-refractivity contribution in [3.8, 4) is 0 Å². The van der Waals surface area contributed by atoms with Crippen molar-refractivity contribution in [3.05, 3.63) is 58.5 Å². The summed E-state index contributed by atoms with van der Waals surface area (Å²) in [5.74, 6) is 0.849. The number of benzene rings is 1. The summed E-state index contributed by atoms with van der Waals surface area (Å²) in [6, 6.07) is 9.02. The fraction of sp³-hybridized carbons (Fsp3) is 0.375. The zero-order valence-electron chi connectivity index (χ0n) is 12.8. The second kappa shape index (κ2) is 7.15. The largest absolute Gasteiger partial charge is 0.366 e. The van der Waals surface area contributed by atoms with Crippen LogP contribution in [0.25, 0.3) is 0 Å². The number of non-ortho nitro benzene ring substituents is 1. The number of nitrogens with one attached hydrogen (secondary N) is 1. The Hall–Kier alpha value is -2.54. The van der Waals surface area contributed by atoms with Crippen LogP contribution in [-0.2, 0) is 6.54 Å². The number of nitro benzene ring substituents is 1. The molecule has 1 atom stereocenters. The van der Waals surface area contributed by atoms with Gasteiger partial charge in [0.1, 0.15) is 12.1 Å². The Kier molecular flexibility index (Phi) is 4.77. The average Bonchev–Trinajstić information content (AvgIpc) is 2.57. The Bertz CT molecular complexity index is 647. The highest BCUT2D eigenvalue weighted by Gasteiger charge is 2.20. The van der Waals surface area contributed by atoms with Gasteiger partial charge in [-0.3, -0.25) is 15.0 Å². The van der Waals surface area contributed by atoms with Gasteiger partial charge in [0.05, 0.1) is 4.92 Å². The molecule has 1 saturated heterocycles. The van der Waals surface area contributed by atoms with E-state index in [9.17, 15) is 10.1 Å². The van der Waals surface area contributed by atoms with Gasteiger partial charge < -0.3 is 5.32 Å². The second-order valence-electron chi connectivity index (χ2n) is 5.74. The number of hydrogen-bond acceptors (Lipinski definition) is 6. The molecule has 0 radical (unpaired) electrons. The summed E-state index contributed by atoms with van der Waals surface area (Å²) in [7, 11) is 0. The molecule has 23 heavy (non-hydrogen) atoms. The van der Waals surface area contributed by atoms with Crippen molar-refractivity contribution in [1.82, 2.24) is 14.9 Å². The maximum absolute atomic E-state index is 10.7. The van der Waals surface area contributed by atoms with E-state index in [1.54, 1.807) is 24.7 Å². The van der Waals surface area contributed by atoms with Gasteiger partial charge in [-0.25, -0.2) is 9.97 Å². The fourth-order valence-electron chi connectivity index (χ4n) is 2.88. The normalized spacial score (nSPS) is 18.5. The van der Waals surface area contributed by atoms with E-state index < -0.39 is 0 Å². The molecule has 1 aromatic carbocycles. The first-order chi connectivity index (χ1) is 11.2. The molecular formula is C16H19N5O2. The Morgan fingerprint density at radius 3 is 2.83 bits per heavy atom. The van der Waals surface area contributed by atoms with Crippen molar-refractivity contribution in [2.24, 2.45) is 0 Å². The van der Waals surface area contributed by atoms with Gasteiger partial charge in [-0.1, -0.05) is 12.1 Å². The minimum Gasteiger partial charge on any atom is -0.366 e. The van der Waals surface area contributed by atoms with Crippen molar-refractivity contribution < 1.29 is 4.92 Å². The van der Waals surface area contributed by atoms with Crippen molar-refractivity contribution in [2.45, 2.75) is 25.4 Å². The summed E-state index contributed by atoms with van der Waals surface area (Å²) in [4.78, 5) is 20.8. The van der Waals surface area contributed by atoms with E-state index in [1.807, 2.05) is 18.2 Å². The van der Waals surface area contributed by atoms with Gasteiger partial charge in [0, 0.05) is 37.5 Å². The lowest BCUT2D eigenvalue weighted by Crippen LogP contribution is -2.41. The van der Waals surface area contributed by atoms with Crippen LogP contribution in [0.3, 0.4) is 0 Å². The van der Waals surface area contributed by atoms with Crippen LogP contribution in [0, 0.1) is 10.1 Å². The fourth-order valence-corrected chi connectivity index (χ4v) is 2.88. The van der Waals surface area contributed by atoms with E-state index >= 15 is 0 Å². The van der Waals surface area contributed by atoms with Crippen LogP contribution in [0.4, 0.5) is 11.5 Å². The van der Waals surface area contributed by atoms with Crippen LogP contribution in [0.1, 0.15) is 18.4 Å². The van der Waals surface area contributed by atoms with E-state index in [0.717, 1.165) is 43.9 Å². The van der Waals surface area contributed by atoms with Crippen molar-refractivity contribution in [1.29, 1.82) is 0 Å². The third-order valence-corrected chi connectivity index (χ3v) is 3.99. The highest BCUT2D eigenvalue weighted by atomic mass is 16.6. The molecule has 1 aromatic heterocycles. The minimum atomic E-state index is -0.369. The standard InChI is InChI=1S/C16H19N5O2/c22-21(23)15-5-3-13(4-6-15)10-20-9-1-2-14(11-20)19-16-7-8-17-12-18-16/h3-8,12,14H,1-2,9-11H2,(H,17,18,19). The predicted octanol–water partition coefficient (Wildman–Crippen LogP) is 2.46. The molecule has 1 N–H and O–H groups in total. The number of aromatic nitrogens is 2. The number of piperidine rings is 1. The first-order valence-electron chi connectivity index (χ1n) is 7.69. The summed E-state index contributed by atoms with van der Waals surface area (Å²) >= 11 is 0. The summed E-state index contributed by atoms with van der Waals surface area (Å²) < 4.78 is 0. The van der Waals surface area contributed by atoms with E-state index in [-0.39, 0.29) is 10.6 Å². The maximum atomic E-state index is 10.7. The molecule has 1 aliphatic rings. The molecule has 1 fully saturated rings. The maximum Gasteiger partial charge on any atom is 0.269 e. The summed E-state index contributed by atoms with van der Waals surface area (Å²) in [5, 5.41) is 14.1. The highest BCUT2D eigenvalue weighted by molar-refractivity contribution is 5.34. The molecule has 7 heteroatoms. The highest BCUT2D eigenvalue weighted by Crippen LogP contribution is 2.18. The second-order valence-corrected chi connectivity index (χ2v) is 5.74. The molecule has 0 aliphatic carbocycles. The number of hydrogen-bond donors (Lipinski definition) is 1. The van der Waals surface area contributed by atoms with Crippen molar-refractivity contribution in [3.63, 3.8) is 0 Å². The molecule has 7 nitrogen and oxygen atoms in total. The molecule has 0 saturated carbocycles. The molecule has 3 rings (SSSR count). The monoisotopic (exact) mass is 313 g/mol. The van der Waals surface area contributed by atoms with E-state index in [0.29, 0.717) is 6.04 Å². The lowest BCUT2D eigenvalue weighted by Gasteiger charge is -2.33. The number of nitrogens with zero attached hydrogens (tertiary/aromatic N) is 4. The molecule has 1 aliphatic heterocycles. The Labute approximate surface area is 134 Å². The number of likely N-dealkylation sites (tertiary alicyclic amines) is 1. The molecule has 1 unspecified atom stereocenters. The molecular weight excluding hydrogens is 294 g/mol. The van der Waals surface area contributed by atoms with Crippen LogP contribution < -0.4 is 5.32 Å². The molecule has 2 heterocycles. The number of nitro groups is 1. The van der Waals surface area contributed by atoms with E-state index in [2.05, 4.69) is 20.2 Å². The molecule has 0 bridgehead atoms. The summed E-state index contributed by atoms with van der Waals surface area (Å²) in [5.41, 5.74) is 1.23. The number of rotatable bonds is 5. The average molecular weight is 313 g/mol. The van der Waals surface area contributed by atoms with Crippen LogP contribution >= 0.6 is 0 Å². The Balaban J connectivity index is 1.57. The molecule has 0 amide bonds. The quantitative estimate of drug-likeness (QED) is 0.674. The topological polar surface area (TPSA) is 84.2 Å². The Morgan fingerprint density at radius 2 is 2.13 bits per heavy atom. The van der Waals surface area contributed by atoms with Crippen molar-refractivity contribution in [2.75, 3.05) is 18.4 Å². The molecule has 2 aromatic rings. The summed E-state index contributed by atoms with van der Waals surface area (Å²) in [6.07, 6.45) is 5.50. The van der Waals surface area contributed by atoms with Crippen molar-refractivity contribution >= 4 is 11.5 Å². The predicted molar refractivity (Wildman–Crippen MR) is 87.1 cm³/mol. The van der Waals surface area contributed by atoms with Crippen LogP contribution in [0.15, 0.2) is 42.9 Å². The number of anilines is 1. The third-order valence-electron chi connectivity index (χ3n) is 3.99. The van der Waals surface area contributed by atoms with Gasteiger partial charge in [-0.15, -0.1) is 0 Å². The zero-order valence-corrected chi connectivity index (χ0v) is 12.8.